The predicted molar refractivity (Wildman–Crippen MR) is 129 cm³/mol. The Morgan fingerprint density at radius 2 is 1.12 bits per heavy atom. The van der Waals surface area contributed by atoms with Crippen LogP contribution in [-0.4, -0.2) is 79.2 Å². The summed E-state index contributed by atoms with van der Waals surface area (Å²) in [5.74, 6) is 0. The molecule has 2 aromatic rings. The molecular weight excluding hydrogens is 614 g/mol. The third-order valence-corrected chi connectivity index (χ3v) is 8.69. The number of hydrogen-bond acceptors (Lipinski definition) is 16. The van der Waals surface area contributed by atoms with E-state index in [9.17, 15) is 48.3 Å². The number of aliphatic hydroxyl groups excluding tert-OH is 2. The Labute approximate surface area is 233 Å². The lowest BCUT2D eigenvalue weighted by molar-refractivity contribution is -0.244. The summed E-state index contributed by atoms with van der Waals surface area (Å²) in [5, 5.41) is 21.7. The summed E-state index contributed by atoms with van der Waals surface area (Å²) in [4.78, 5) is 77.6. The van der Waals surface area contributed by atoms with Crippen molar-refractivity contribution >= 4 is 15.6 Å². The summed E-state index contributed by atoms with van der Waals surface area (Å²) in [6.07, 6.45) is -12.2. The maximum atomic E-state index is 12.8. The van der Waals surface area contributed by atoms with Crippen LogP contribution in [0.1, 0.15) is 23.6 Å². The third kappa shape index (κ3) is 5.94. The average Bonchev–Trinajstić information content (AvgIpc) is 3.36. The zero-order valence-electron chi connectivity index (χ0n) is 21.6. The summed E-state index contributed by atoms with van der Waals surface area (Å²) < 4.78 is 57.7. The van der Waals surface area contributed by atoms with Gasteiger partial charge < -0.3 is 47.6 Å². The largest absolute Gasteiger partial charge is 0.756 e. The van der Waals surface area contributed by atoms with Gasteiger partial charge in [-0.05, 0) is 13.8 Å². The van der Waals surface area contributed by atoms with E-state index in [1.165, 1.54) is 13.8 Å². The monoisotopic (exact) mass is 638 g/mol. The first-order valence-electron chi connectivity index (χ1n) is 12.2. The molecule has 3 saturated heterocycles. The second-order valence-corrected chi connectivity index (χ2v) is 12.4. The molecule has 3 aliphatic heterocycles. The number of aromatic nitrogens is 4. The molecule has 5 heterocycles. The van der Waals surface area contributed by atoms with E-state index in [0.29, 0.717) is 0 Å². The van der Waals surface area contributed by atoms with Gasteiger partial charge in [0, 0.05) is 23.5 Å². The second-order valence-electron chi connectivity index (χ2n) is 9.69. The van der Waals surface area contributed by atoms with Crippen LogP contribution in [0.5, 0.6) is 0 Å². The van der Waals surface area contributed by atoms with Crippen LogP contribution in [0.25, 0.3) is 0 Å². The number of nitrogens with one attached hydrogen (secondary N) is 2. The van der Waals surface area contributed by atoms with Gasteiger partial charge >= 0.3 is 11.4 Å². The van der Waals surface area contributed by atoms with Crippen LogP contribution in [0.4, 0.5) is 0 Å². The average molecular weight is 638 g/mol. The predicted octanol–water partition coefficient (Wildman–Crippen LogP) is -4.03. The molecule has 10 atom stereocenters. The lowest BCUT2D eigenvalue weighted by Crippen LogP contribution is -2.42. The summed E-state index contributed by atoms with van der Waals surface area (Å²) in [7, 11) is -10.8. The summed E-state index contributed by atoms with van der Waals surface area (Å²) in [6.45, 7) is 0.674. The highest BCUT2D eigenvalue weighted by Gasteiger charge is 2.51. The minimum Gasteiger partial charge on any atom is -0.756 e. The Morgan fingerprint density at radius 1 is 0.762 bits per heavy atom. The fourth-order valence-electron chi connectivity index (χ4n) is 4.67. The van der Waals surface area contributed by atoms with Crippen molar-refractivity contribution in [3.05, 3.63) is 65.2 Å². The Balaban J connectivity index is 1.44. The summed E-state index contributed by atoms with van der Waals surface area (Å²) in [6, 6.07) is 0. The minimum atomic E-state index is -5.38. The quantitative estimate of drug-likeness (QED) is 0.228. The van der Waals surface area contributed by atoms with Crippen LogP contribution < -0.4 is 32.3 Å². The van der Waals surface area contributed by atoms with E-state index >= 15 is 0 Å². The van der Waals surface area contributed by atoms with E-state index in [4.69, 9.17) is 27.6 Å². The Kier molecular flexibility index (Phi) is 8.20. The number of nitrogens with zero attached hydrogens (tertiary/aromatic N) is 2. The third-order valence-electron chi connectivity index (χ3n) is 6.75. The van der Waals surface area contributed by atoms with E-state index in [-0.39, 0.29) is 11.1 Å². The van der Waals surface area contributed by atoms with Gasteiger partial charge in [0.1, 0.15) is 36.6 Å². The lowest BCUT2D eigenvalue weighted by atomic mass is 10.1. The van der Waals surface area contributed by atoms with E-state index in [1.54, 1.807) is 0 Å². The number of H-pyrrole nitrogens is 2. The van der Waals surface area contributed by atoms with Gasteiger partial charge in [-0.1, -0.05) is 0 Å². The molecule has 3 fully saturated rings. The van der Waals surface area contributed by atoms with Crippen molar-refractivity contribution in [1.82, 2.24) is 19.1 Å². The molecule has 0 saturated carbocycles. The molecular formula is C20H24N4O16P2-2. The van der Waals surface area contributed by atoms with Crippen molar-refractivity contribution < 1.29 is 56.7 Å². The van der Waals surface area contributed by atoms with Gasteiger partial charge in [0.15, 0.2) is 12.5 Å². The van der Waals surface area contributed by atoms with E-state index < -0.39 is 100 Å². The minimum absolute atomic E-state index is 0.0337. The molecule has 232 valence electrons. The number of fused-ring (bicyclic) bond motifs is 2. The highest BCUT2D eigenvalue weighted by molar-refractivity contribution is 7.46. The lowest BCUT2D eigenvalue weighted by Gasteiger charge is -2.34. The standard InChI is InChI=1S/C20H26N4O16P2/c1-7-3-23(19(29)21-15(7)27)17-11(25)13-9(37-17)5-35-42(33,34)40-14-10(6-36-41(31,32)39-13)38-18(12(14)26)24-4-8(2)16(28)22-20(24)30/h3-4,9-14,17-18,25-26H,5-6H2,1-2H3,(H,31,32)(H,33,34)(H,21,27,29)(H,22,28,30)/p-2/t9-,10-,11-,12-,13-,14-,17-,18-/m1/s1. The number of aryl methyl sites for hydroxylation is 2. The van der Waals surface area contributed by atoms with Gasteiger partial charge in [-0.2, -0.15) is 0 Å². The van der Waals surface area contributed by atoms with E-state index in [2.05, 4.69) is 0 Å². The molecule has 22 heteroatoms. The number of aromatic amines is 2. The maximum Gasteiger partial charge on any atom is 0.330 e. The van der Waals surface area contributed by atoms with Crippen LogP contribution in [0, 0.1) is 13.8 Å². The summed E-state index contributed by atoms with van der Waals surface area (Å²) in [5.41, 5.74) is -3.45. The zero-order chi connectivity index (χ0) is 30.7. The molecule has 0 amide bonds. The molecule has 2 unspecified atom stereocenters. The molecule has 3 aliphatic rings. The number of phosphoric ester groups is 2. The molecule has 0 aliphatic carbocycles. The number of hydrogen-bond donors (Lipinski definition) is 4. The molecule has 20 nitrogen and oxygen atoms in total. The van der Waals surface area contributed by atoms with Gasteiger partial charge in [0.05, 0.1) is 13.2 Å². The topological polar surface area (TPSA) is 286 Å². The van der Waals surface area contributed by atoms with Crippen molar-refractivity contribution in [3.8, 4) is 0 Å². The molecule has 0 aromatic carbocycles. The number of aliphatic hydroxyl groups is 2. The van der Waals surface area contributed by atoms with Crippen molar-refractivity contribution in [1.29, 1.82) is 0 Å². The van der Waals surface area contributed by atoms with Gasteiger partial charge in [0.2, 0.25) is 0 Å². The number of phosphoric acid groups is 2. The zero-order valence-corrected chi connectivity index (χ0v) is 23.4. The van der Waals surface area contributed by atoms with Gasteiger partial charge in [0.25, 0.3) is 26.8 Å². The fraction of sp³-hybridized carbons (Fsp3) is 0.600. The maximum absolute atomic E-state index is 12.8. The van der Waals surface area contributed by atoms with Crippen LogP contribution >= 0.6 is 15.6 Å². The Hall–Kier alpha value is -2.58. The van der Waals surface area contributed by atoms with Crippen LogP contribution in [0.3, 0.4) is 0 Å². The highest BCUT2D eigenvalue weighted by Crippen LogP contribution is 2.50. The highest BCUT2D eigenvalue weighted by atomic mass is 31.2. The summed E-state index contributed by atoms with van der Waals surface area (Å²) >= 11 is 0. The molecule has 0 spiro atoms. The van der Waals surface area contributed by atoms with Crippen LogP contribution in [0.2, 0.25) is 0 Å². The number of ether oxygens (including phenoxy) is 2. The van der Waals surface area contributed by atoms with Gasteiger partial charge in [-0.25, -0.2) is 9.59 Å². The van der Waals surface area contributed by atoms with Crippen LogP contribution in [-0.2, 0) is 36.7 Å². The second kappa shape index (κ2) is 11.2. The van der Waals surface area contributed by atoms with Crippen molar-refractivity contribution in [2.45, 2.75) is 62.9 Å². The first kappa shape index (κ1) is 30.9. The smallest absolute Gasteiger partial charge is 0.330 e. The molecule has 0 bridgehead atoms. The Bertz CT molecular complexity index is 1580. The molecule has 5 rings (SSSR count). The first-order chi connectivity index (χ1) is 19.6. The number of rotatable bonds is 2. The van der Waals surface area contributed by atoms with Crippen molar-refractivity contribution in [2.24, 2.45) is 0 Å². The fourth-order valence-corrected chi connectivity index (χ4v) is 6.56. The SMILES string of the molecule is Cc1cn([C@@H]2O[C@@H]3COP(=O)([O-])O[C@H]4[C@@H](O)[C@H](n5cc(C)c(=O)[nH]c5=O)O[C@@H]4COP(=O)([O-])O[C@H]3[C@H]2O)c(=O)[nH]c1=O. The normalized spacial score (nSPS) is 39.2. The van der Waals surface area contributed by atoms with Gasteiger partial charge in [-0.3, -0.25) is 37.8 Å². The van der Waals surface area contributed by atoms with E-state index in [1.807, 2.05) is 9.97 Å². The molecule has 4 N–H and O–H groups in total. The first-order valence-corrected chi connectivity index (χ1v) is 15.1. The van der Waals surface area contributed by atoms with Gasteiger partial charge in [-0.15, -0.1) is 0 Å². The van der Waals surface area contributed by atoms with Crippen molar-refractivity contribution in [3.63, 3.8) is 0 Å². The Morgan fingerprint density at radius 3 is 1.48 bits per heavy atom. The molecule has 0 radical (unpaired) electrons. The van der Waals surface area contributed by atoms with Crippen LogP contribution in [0.15, 0.2) is 31.6 Å². The molecule has 42 heavy (non-hydrogen) atoms. The van der Waals surface area contributed by atoms with Crippen molar-refractivity contribution in [2.75, 3.05) is 13.2 Å². The molecule has 2 aromatic heterocycles. The van der Waals surface area contributed by atoms with E-state index in [0.717, 1.165) is 21.5 Å².